The molecule has 144 valence electrons. The maximum absolute atomic E-state index is 12.7. The number of carbonyl (C=O) groups is 2. The SMILES string of the molecule is CCOC(=O)c1cnc(N(C(=O)CN)c2ccc(C3CC3)c3ccccc23)s1. The standard InChI is InChI=1S/C21H21N3O3S/c1-2-27-20(26)18-12-23-21(28-18)24(19(25)11-22)17-10-9-14(13-7-8-13)15-5-3-4-6-16(15)17/h3-6,9-10,12-13H,2,7-8,11,22H2,1H3. The topological polar surface area (TPSA) is 85.5 Å². The van der Waals surface area contributed by atoms with Crippen molar-refractivity contribution < 1.29 is 14.3 Å². The van der Waals surface area contributed by atoms with Gasteiger partial charge in [0.25, 0.3) is 0 Å². The van der Waals surface area contributed by atoms with E-state index in [1.807, 2.05) is 24.3 Å². The van der Waals surface area contributed by atoms with Crippen molar-refractivity contribution in [3.8, 4) is 0 Å². The van der Waals surface area contributed by atoms with Gasteiger partial charge in [-0.3, -0.25) is 9.69 Å². The summed E-state index contributed by atoms with van der Waals surface area (Å²) in [5.74, 6) is -0.137. The average Bonchev–Trinajstić information content (AvgIpc) is 3.45. The van der Waals surface area contributed by atoms with E-state index < -0.39 is 5.97 Å². The average molecular weight is 395 g/mol. The second-order valence-corrected chi connectivity index (χ2v) is 7.66. The lowest BCUT2D eigenvalue weighted by Crippen LogP contribution is -2.32. The van der Waals surface area contributed by atoms with Crippen LogP contribution in [0.1, 0.15) is 40.9 Å². The van der Waals surface area contributed by atoms with Crippen LogP contribution in [0.3, 0.4) is 0 Å². The second kappa shape index (κ2) is 7.69. The molecule has 0 saturated heterocycles. The van der Waals surface area contributed by atoms with Gasteiger partial charge >= 0.3 is 5.97 Å². The molecule has 2 aromatic carbocycles. The molecule has 1 heterocycles. The minimum atomic E-state index is -0.444. The van der Waals surface area contributed by atoms with Gasteiger partial charge in [0.15, 0.2) is 5.13 Å². The number of esters is 1. The van der Waals surface area contributed by atoms with Gasteiger partial charge in [-0.15, -0.1) is 0 Å². The number of rotatable bonds is 6. The zero-order valence-corrected chi connectivity index (χ0v) is 16.4. The summed E-state index contributed by atoms with van der Waals surface area (Å²) in [4.78, 5) is 30.9. The predicted octanol–water partition coefficient (Wildman–Crippen LogP) is 3.97. The van der Waals surface area contributed by atoms with Gasteiger partial charge in [0, 0.05) is 5.39 Å². The van der Waals surface area contributed by atoms with Gasteiger partial charge in [0.05, 0.1) is 25.0 Å². The molecule has 0 bridgehead atoms. The lowest BCUT2D eigenvalue weighted by atomic mass is 9.99. The molecule has 3 aromatic rings. The van der Waals surface area contributed by atoms with E-state index in [0.717, 1.165) is 27.8 Å². The van der Waals surface area contributed by atoms with Crippen molar-refractivity contribution in [3.63, 3.8) is 0 Å². The Morgan fingerprint density at radius 2 is 1.96 bits per heavy atom. The van der Waals surface area contributed by atoms with Gasteiger partial charge in [-0.1, -0.05) is 41.7 Å². The summed E-state index contributed by atoms with van der Waals surface area (Å²) in [5, 5.41) is 2.52. The maximum Gasteiger partial charge on any atom is 0.350 e. The monoisotopic (exact) mass is 395 g/mol. The molecule has 1 aliphatic carbocycles. The highest BCUT2D eigenvalue weighted by atomic mass is 32.1. The fourth-order valence-corrected chi connectivity index (χ4v) is 4.19. The van der Waals surface area contributed by atoms with Gasteiger partial charge in [-0.05, 0) is 42.7 Å². The molecule has 28 heavy (non-hydrogen) atoms. The Hall–Kier alpha value is -2.77. The fraction of sp³-hybridized carbons (Fsp3) is 0.286. The first-order valence-electron chi connectivity index (χ1n) is 9.31. The first-order chi connectivity index (χ1) is 13.6. The maximum atomic E-state index is 12.7. The number of hydrogen-bond acceptors (Lipinski definition) is 6. The number of nitrogens with two attached hydrogens (primary N) is 1. The van der Waals surface area contributed by atoms with E-state index >= 15 is 0 Å². The zero-order valence-electron chi connectivity index (χ0n) is 15.6. The van der Waals surface area contributed by atoms with E-state index in [4.69, 9.17) is 10.5 Å². The molecule has 0 radical (unpaired) electrons. The number of ether oxygens (including phenoxy) is 1. The number of carbonyl (C=O) groups excluding carboxylic acids is 2. The number of hydrogen-bond donors (Lipinski definition) is 1. The fourth-order valence-electron chi connectivity index (χ4n) is 3.35. The van der Waals surface area contributed by atoms with Crippen LogP contribution in [0.4, 0.5) is 10.8 Å². The molecule has 0 spiro atoms. The Labute approximate surface area is 166 Å². The molecule has 4 rings (SSSR count). The van der Waals surface area contributed by atoms with Crippen LogP contribution in [-0.2, 0) is 9.53 Å². The van der Waals surface area contributed by atoms with Crippen molar-refractivity contribution in [2.24, 2.45) is 5.73 Å². The Balaban J connectivity index is 1.82. The second-order valence-electron chi connectivity index (χ2n) is 6.65. The lowest BCUT2D eigenvalue weighted by Gasteiger charge is -2.22. The Bertz CT molecular complexity index is 1040. The van der Waals surface area contributed by atoms with Crippen LogP contribution in [0, 0.1) is 0 Å². The van der Waals surface area contributed by atoms with Crippen LogP contribution < -0.4 is 10.6 Å². The third-order valence-electron chi connectivity index (χ3n) is 4.78. The zero-order chi connectivity index (χ0) is 19.7. The molecule has 1 fully saturated rings. The summed E-state index contributed by atoms with van der Waals surface area (Å²) in [6.07, 6.45) is 3.84. The third-order valence-corrected chi connectivity index (χ3v) is 5.74. The van der Waals surface area contributed by atoms with E-state index in [-0.39, 0.29) is 19.1 Å². The molecule has 1 amide bonds. The quantitative estimate of drug-likeness (QED) is 0.638. The number of amides is 1. The normalized spacial score (nSPS) is 13.5. The van der Waals surface area contributed by atoms with Crippen LogP contribution in [0.15, 0.2) is 42.6 Å². The minimum Gasteiger partial charge on any atom is -0.462 e. The minimum absolute atomic E-state index is 0.160. The molecule has 1 aromatic heterocycles. The predicted molar refractivity (Wildman–Crippen MR) is 110 cm³/mol. The molecular weight excluding hydrogens is 374 g/mol. The smallest absolute Gasteiger partial charge is 0.350 e. The molecule has 0 unspecified atom stereocenters. The van der Waals surface area contributed by atoms with Crippen LogP contribution in [-0.4, -0.2) is 30.0 Å². The van der Waals surface area contributed by atoms with E-state index in [0.29, 0.717) is 15.9 Å². The van der Waals surface area contributed by atoms with Crippen molar-refractivity contribution in [2.75, 3.05) is 18.1 Å². The highest BCUT2D eigenvalue weighted by Gasteiger charge is 2.28. The Kier molecular flexibility index (Phi) is 5.11. The number of thiazole rings is 1. The van der Waals surface area contributed by atoms with Crippen LogP contribution in [0.25, 0.3) is 10.8 Å². The molecule has 1 saturated carbocycles. The van der Waals surface area contributed by atoms with Crippen molar-refractivity contribution in [1.82, 2.24) is 4.98 Å². The highest BCUT2D eigenvalue weighted by molar-refractivity contribution is 7.17. The van der Waals surface area contributed by atoms with E-state index in [1.165, 1.54) is 29.5 Å². The number of aromatic nitrogens is 1. The summed E-state index contributed by atoms with van der Waals surface area (Å²) in [7, 11) is 0. The summed E-state index contributed by atoms with van der Waals surface area (Å²) >= 11 is 1.12. The van der Waals surface area contributed by atoms with E-state index in [9.17, 15) is 9.59 Å². The van der Waals surface area contributed by atoms with Crippen molar-refractivity contribution >= 4 is 44.8 Å². The largest absolute Gasteiger partial charge is 0.462 e. The van der Waals surface area contributed by atoms with Gasteiger partial charge in [-0.2, -0.15) is 0 Å². The van der Waals surface area contributed by atoms with Gasteiger partial charge in [-0.25, -0.2) is 9.78 Å². The summed E-state index contributed by atoms with van der Waals surface area (Å²) < 4.78 is 5.04. The molecule has 1 aliphatic rings. The van der Waals surface area contributed by atoms with E-state index in [1.54, 1.807) is 6.92 Å². The van der Waals surface area contributed by atoms with Gasteiger partial charge in [0.2, 0.25) is 5.91 Å². The molecule has 0 atom stereocenters. The van der Waals surface area contributed by atoms with E-state index in [2.05, 4.69) is 17.1 Å². The highest BCUT2D eigenvalue weighted by Crippen LogP contribution is 2.45. The number of anilines is 2. The van der Waals surface area contributed by atoms with Crippen LogP contribution >= 0.6 is 11.3 Å². The van der Waals surface area contributed by atoms with Crippen molar-refractivity contribution in [2.45, 2.75) is 25.7 Å². The molecule has 7 heteroatoms. The van der Waals surface area contributed by atoms with Gasteiger partial charge < -0.3 is 10.5 Å². The molecule has 0 aliphatic heterocycles. The lowest BCUT2D eigenvalue weighted by molar-refractivity contribution is -0.116. The van der Waals surface area contributed by atoms with Gasteiger partial charge in [0.1, 0.15) is 4.88 Å². The molecule has 6 nitrogen and oxygen atoms in total. The summed E-state index contributed by atoms with van der Waals surface area (Å²) in [6.45, 7) is 1.87. The number of fused-ring (bicyclic) bond motifs is 1. The van der Waals surface area contributed by atoms with Crippen LogP contribution in [0.2, 0.25) is 0 Å². The molecular formula is C21H21N3O3S. The Morgan fingerprint density at radius 3 is 2.64 bits per heavy atom. The van der Waals surface area contributed by atoms with Crippen molar-refractivity contribution in [1.29, 1.82) is 0 Å². The summed E-state index contributed by atoms with van der Waals surface area (Å²) in [6, 6.07) is 12.1. The first kappa shape index (κ1) is 18.6. The van der Waals surface area contributed by atoms with Crippen molar-refractivity contribution in [3.05, 3.63) is 53.0 Å². The van der Waals surface area contributed by atoms with Crippen LogP contribution in [0.5, 0.6) is 0 Å². The number of nitrogens with zero attached hydrogens (tertiary/aromatic N) is 2. The Morgan fingerprint density at radius 1 is 1.21 bits per heavy atom. The third kappa shape index (κ3) is 3.39. The first-order valence-corrected chi connectivity index (χ1v) is 10.1. The molecule has 2 N–H and O–H groups in total. The summed E-state index contributed by atoms with van der Waals surface area (Å²) in [5.41, 5.74) is 7.72. The number of benzene rings is 2.